The van der Waals surface area contributed by atoms with E-state index in [0.717, 1.165) is 13.0 Å². The first-order chi connectivity index (χ1) is 5.36. The van der Waals surface area contributed by atoms with Gasteiger partial charge in [0.2, 0.25) is 0 Å². The van der Waals surface area contributed by atoms with Crippen molar-refractivity contribution in [3.63, 3.8) is 0 Å². The summed E-state index contributed by atoms with van der Waals surface area (Å²) in [6, 6.07) is 0. The second-order valence-corrected chi connectivity index (χ2v) is 3.83. The van der Waals surface area contributed by atoms with Crippen molar-refractivity contribution in [2.45, 2.75) is 6.42 Å². The molecule has 11 heavy (non-hydrogen) atoms. The maximum Gasteiger partial charge on any atom is 0.158 e. The molecule has 0 radical (unpaired) electrons. The summed E-state index contributed by atoms with van der Waals surface area (Å²) in [5.41, 5.74) is 0. The highest BCUT2D eigenvalue weighted by molar-refractivity contribution is 8.17. The molecule has 0 aromatic carbocycles. The Kier molecular flexibility index (Phi) is 1.74. The smallest absolute Gasteiger partial charge is 0.158 e. The van der Waals surface area contributed by atoms with Crippen LogP contribution in [-0.4, -0.2) is 11.7 Å². The van der Waals surface area contributed by atoms with Crippen LogP contribution in [0.15, 0.2) is 23.1 Å². The highest BCUT2D eigenvalue weighted by Crippen LogP contribution is 2.32. The van der Waals surface area contributed by atoms with Crippen molar-refractivity contribution in [1.29, 1.82) is 5.41 Å². The lowest BCUT2D eigenvalue weighted by Crippen LogP contribution is -2.32. The van der Waals surface area contributed by atoms with E-state index in [9.17, 15) is 0 Å². The molecular formula is C8H10N2S. The molecule has 0 amide bonds. The fraction of sp³-hybridized carbons (Fsp3) is 0.375. The minimum atomic E-state index is 0.586. The Labute approximate surface area is 70.3 Å². The zero-order chi connectivity index (χ0) is 7.68. The van der Waals surface area contributed by atoms with Gasteiger partial charge in [-0.1, -0.05) is 30.0 Å². The molecule has 0 spiro atoms. The summed E-state index contributed by atoms with van der Waals surface area (Å²) < 4.78 is 0. The molecule has 2 aliphatic rings. The molecule has 0 aromatic rings. The van der Waals surface area contributed by atoms with Crippen LogP contribution in [0.5, 0.6) is 0 Å². The van der Waals surface area contributed by atoms with E-state index in [2.05, 4.69) is 23.5 Å². The third-order valence-corrected chi connectivity index (χ3v) is 3.00. The van der Waals surface area contributed by atoms with Crippen LogP contribution in [-0.2, 0) is 0 Å². The lowest BCUT2D eigenvalue weighted by atomic mass is 10.0. The van der Waals surface area contributed by atoms with Gasteiger partial charge >= 0.3 is 0 Å². The van der Waals surface area contributed by atoms with Crippen LogP contribution in [0, 0.1) is 11.3 Å². The zero-order valence-corrected chi connectivity index (χ0v) is 6.95. The fourth-order valence-electron chi connectivity index (χ4n) is 1.33. The molecule has 1 saturated heterocycles. The molecule has 1 aliphatic heterocycles. The largest absolute Gasteiger partial charge is 0.364 e. The van der Waals surface area contributed by atoms with Crippen molar-refractivity contribution in [3.05, 3.63) is 23.1 Å². The molecule has 0 bridgehead atoms. The minimum absolute atomic E-state index is 0.586. The average molecular weight is 166 g/mol. The Bertz CT molecular complexity index is 242. The van der Waals surface area contributed by atoms with Gasteiger partial charge in [0.15, 0.2) is 5.17 Å². The molecule has 1 aliphatic carbocycles. The SMILES string of the molecule is N=C1NCC2CC=CC=C2S1. The number of amidine groups is 1. The summed E-state index contributed by atoms with van der Waals surface area (Å²) in [6.45, 7) is 0.933. The van der Waals surface area contributed by atoms with E-state index in [1.165, 1.54) is 4.91 Å². The standard InChI is InChI=1S/C8H10N2S/c9-8-10-5-6-3-1-2-4-7(6)11-8/h1-2,4,6H,3,5H2,(H2,9,10). The van der Waals surface area contributed by atoms with Gasteiger partial charge in [0, 0.05) is 12.5 Å². The number of hydrogen-bond acceptors (Lipinski definition) is 2. The highest BCUT2D eigenvalue weighted by atomic mass is 32.2. The van der Waals surface area contributed by atoms with Gasteiger partial charge in [0.25, 0.3) is 0 Å². The van der Waals surface area contributed by atoms with Gasteiger partial charge in [-0.15, -0.1) is 0 Å². The number of fused-ring (bicyclic) bond motifs is 1. The second kappa shape index (κ2) is 2.74. The second-order valence-electron chi connectivity index (χ2n) is 2.74. The molecule has 0 aromatic heterocycles. The molecule has 1 atom stereocenters. The van der Waals surface area contributed by atoms with E-state index in [-0.39, 0.29) is 0 Å². The number of allylic oxidation sites excluding steroid dienone is 3. The van der Waals surface area contributed by atoms with Crippen molar-refractivity contribution >= 4 is 16.9 Å². The molecule has 1 heterocycles. The number of thioether (sulfide) groups is 1. The van der Waals surface area contributed by atoms with Crippen molar-refractivity contribution in [2.75, 3.05) is 6.54 Å². The van der Waals surface area contributed by atoms with Gasteiger partial charge in [-0.3, -0.25) is 5.41 Å². The summed E-state index contributed by atoms with van der Waals surface area (Å²) in [6.07, 6.45) is 7.51. The first-order valence-electron chi connectivity index (χ1n) is 3.73. The molecule has 2 rings (SSSR count). The molecule has 3 heteroatoms. The normalized spacial score (nSPS) is 28.9. The van der Waals surface area contributed by atoms with Gasteiger partial charge in [-0.05, 0) is 11.3 Å². The lowest BCUT2D eigenvalue weighted by Gasteiger charge is -2.26. The Hall–Kier alpha value is -0.700. The molecule has 1 unspecified atom stereocenters. The third-order valence-electron chi connectivity index (χ3n) is 1.95. The maximum atomic E-state index is 7.40. The van der Waals surface area contributed by atoms with Crippen molar-refractivity contribution in [3.8, 4) is 0 Å². The van der Waals surface area contributed by atoms with Gasteiger partial charge in [-0.25, -0.2) is 0 Å². The highest BCUT2D eigenvalue weighted by Gasteiger charge is 2.21. The van der Waals surface area contributed by atoms with E-state index < -0.39 is 0 Å². The number of nitrogens with one attached hydrogen (secondary N) is 2. The van der Waals surface area contributed by atoms with Gasteiger partial charge in [0.05, 0.1) is 0 Å². The van der Waals surface area contributed by atoms with Crippen LogP contribution >= 0.6 is 11.8 Å². The summed E-state index contributed by atoms with van der Waals surface area (Å²) >= 11 is 1.55. The van der Waals surface area contributed by atoms with Crippen LogP contribution < -0.4 is 5.32 Å². The first-order valence-corrected chi connectivity index (χ1v) is 4.55. The van der Waals surface area contributed by atoms with Crippen LogP contribution in [0.1, 0.15) is 6.42 Å². The van der Waals surface area contributed by atoms with Crippen LogP contribution in [0.25, 0.3) is 0 Å². The Morgan fingerprint density at radius 2 is 2.55 bits per heavy atom. The molecule has 2 N–H and O–H groups in total. The molecule has 58 valence electrons. The fourth-order valence-corrected chi connectivity index (χ4v) is 2.21. The van der Waals surface area contributed by atoms with Crippen molar-refractivity contribution < 1.29 is 0 Å². The average Bonchev–Trinajstić information content (AvgIpc) is 2.04. The van der Waals surface area contributed by atoms with E-state index >= 15 is 0 Å². The van der Waals surface area contributed by atoms with Crippen molar-refractivity contribution in [1.82, 2.24) is 5.32 Å². The number of hydrogen-bond donors (Lipinski definition) is 2. The zero-order valence-electron chi connectivity index (χ0n) is 6.13. The predicted octanol–water partition coefficient (Wildman–Crippen LogP) is 1.72. The molecular weight excluding hydrogens is 156 g/mol. The molecule has 0 saturated carbocycles. The first kappa shape index (κ1) is 6.98. The van der Waals surface area contributed by atoms with Gasteiger partial charge in [-0.2, -0.15) is 0 Å². The van der Waals surface area contributed by atoms with Crippen molar-refractivity contribution in [2.24, 2.45) is 5.92 Å². The summed E-state index contributed by atoms with van der Waals surface area (Å²) in [4.78, 5) is 1.34. The summed E-state index contributed by atoms with van der Waals surface area (Å²) in [5, 5.41) is 11.0. The van der Waals surface area contributed by atoms with Gasteiger partial charge in [0.1, 0.15) is 0 Å². The van der Waals surface area contributed by atoms with E-state index in [0.29, 0.717) is 11.1 Å². The maximum absolute atomic E-state index is 7.40. The minimum Gasteiger partial charge on any atom is -0.364 e. The Morgan fingerprint density at radius 3 is 3.45 bits per heavy atom. The Balaban J connectivity index is 2.18. The quantitative estimate of drug-likeness (QED) is 0.574. The Morgan fingerprint density at radius 1 is 1.64 bits per heavy atom. The molecule has 2 nitrogen and oxygen atoms in total. The van der Waals surface area contributed by atoms with Crippen LogP contribution in [0.4, 0.5) is 0 Å². The van der Waals surface area contributed by atoms with E-state index in [4.69, 9.17) is 5.41 Å². The topological polar surface area (TPSA) is 35.9 Å². The monoisotopic (exact) mass is 166 g/mol. The summed E-state index contributed by atoms with van der Waals surface area (Å²) in [7, 11) is 0. The summed E-state index contributed by atoms with van der Waals surface area (Å²) in [5.74, 6) is 0.624. The lowest BCUT2D eigenvalue weighted by molar-refractivity contribution is 0.618. The van der Waals surface area contributed by atoms with Crippen LogP contribution in [0.3, 0.4) is 0 Å². The molecule has 1 fully saturated rings. The van der Waals surface area contributed by atoms with E-state index in [1.807, 2.05) is 0 Å². The number of rotatable bonds is 0. The predicted molar refractivity (Wildman–Crippen MR) is 48.7 cm³/mol. The third kappa shape index (κ3) is 1.33. The van der Waals surface area contributed by atoms with E-state index in [1.54, 1.807) is 11.8 Å². The van der Waals surface area contributed by atoms with Crippen LogP contribution in [0.2, 0.25) is 0 Å². The van der Waals surface area contributed by atoms with Gasteiger partial charge < -0.3 is 5.32 Å².